The third kappa shape index (κ3) is 4.45. The summed E-state index contributed by atoms with van der Waals surface area (Å²) in [6.45, 7) is 6.87. The van der Waals surface area contributed by atoms with E-state index in [9.17, 15) is 8.42 Å². The second-order valence-electron chi connectivity index (χ2n) is 5.60. The van der Waals surface area contributed by atoms with Crippen LogP contribution in [0.5, 0.6) is 0 Å². The molecule has 4 nitrogen and oxygen atoms in total. The first-order valence-electron chi connectivity index (χ1n) is 7.88. The van der Waals surface area contributed by atoms with Gasteiger partial charge in [-0.2, -0.15) is 0 Å². The zero-order chi connectivity index (χ0) is 15.3. The molecule has 118 valence electrons. The first-order valence-corrected chi connectivity index (χ1v) is 9.53. The average molecular weight is 310 g/mol. The minimum Gasteiger partial charge on any atom is -0.383 e. The van der Waals surface area contributed by atoms with Crippen LogP contribution in [0.3, 0.4) is 0 Å². The molecule has 0 bridgehead atoms. The molecule has 1 fully saturated rings. The van der Waals surface area contributed by atoms with E-state index in [1.165, 1.54) is 12.8 Å². The molecule has 1 aliphatic rings. The SMILES string of the molecule is CCCS(=O)(=O)c1ccccc1NCCN(CC)C1CC1. The quantitative estimate of drug-likeness (QED) is 0.762. The van der Waals surface area contributed by atoms with Crippen LogP contribution in [-0.4, -0.2) is 44.7 Å². The number of rotatable bonds is 9. The molecule has 0 aliphatic heterocycles. The number of nitrogens with zero attached hydrogens (tertiary/aromatic N) is 1. The van der Waals surface area contributed by atoms with Crippen LogP contribution in [0.4, 0.5) is 5.69 Å². The number of anilines is 1. The molecule has 0 amide bonds. The first kappa shape index (κ1) is 16.3. The lowest BCUT2D eigenvalue weighted by Crippen LogP contribution is -2.31. The van der Waals surface area contributed by atoms with Crippen LogP contribution in [0.25, 0.3) is 0 Å². The molecular formula is C16H26N2O2S. The monoisotopic (exact) mass is 310 g/mol. The van der Waals surface area contributed by atoms with Crippen molar-refractivity contribution in [3.63, 3.8) is 0 Å². The Morgan fingerprint density at radius 2 is 1.95 bits per heavy atom. The predicted molar refractivity (Wildman–Crippen MR) is 87.5 cm³/mol. The zero-order valence-electron chi connectivity index (χ0n) is 13.0. The lowest BCUT2D eigenvalue weighted by molar-refractivity contribution is 0.289. The predicted octanol–water partition coefficient (Wildman–Crippen LogP) is 2.77. The number of benzene rings is 1. The Balaban J connectivity index is 1.99. The van der Waals surface area contributed by atoms with Gasteiger partial charge in [0.1, 0.15) is 0 Å². The molecule has 21 heavy (non-hydrogen) atoms. The van der Waals surface area contributed by atoms with Crippen LogP contribution in [0.1, 0.15) is 33.1 Å². The Morgan fingerprint density at radius 1 is 1.24 bits per heavy atom. The normalized spacial score (nSPS) is 15.4. The van der Waals surface area contributed by atoms with Gasteiger partial charge in [0, 0.05) is 19.1 Å². The van der Waals surface area contributed by atoms with Crippen LogP contribution in [0, 0.1) is 0 Å². The third-order valence-corrected chi connectivity index (χ3v) is 5.85. The van der Waals surface area contributed by atoms with Gasteiger partial charge in [-0.05, 0) is 37.9 Å². The first-order chi connectivity index (χ1) is 10.1. The second kappa shape index (κ2) is 7.27. The van der Waals surface area contributed by atoms with Gasteiger partial charge in [-0.3, -0.25) is 4.90 Å². The number of likely N-dealkylation sites (N-methyl/N-ethyl adjacent to an activating group) is 1. The Hall–Kier alpha value is -1.07. The summed E-state index contributed by atoms with van der Waals surface area (Å²) in [5.74, 6) is 0.203. The highest BCUT2D eigenvalue weighted by Crippen LogP contribution is 2.26. The van der Waals surface area contributed by atoms with Gasteiger partial charge in [-0.25, -0.2) is 8.42 Å². The number of nitrogens with one attached hydrogen (secondary N) is 1. The van der Waals surface area contributed by atoms with Crippen molar-refractivity contribution in [2.45, 2.75) is 44.0 Å². The maximum absolute atomic E-state index is 12.3. The summed E-state index contributed by atoms with van der Waals surface area (Å²) in [7, 11) is -3.18. The van der Waals surface area contributed by atoms with Crippen molar-refractivity contribution in [1.29, 1.82) is 0 Å². The molecule has 1 aliphatic carbocycles. The standard InChI is InChI=1S/C16H26N2O2S/c1-3-13-21(19,20)16-8-6-5-7-15(16)17-11-12-18(4-2)14-9-10-14/h5-8,14,17H,3-4,9-13H2,1-2H3. The summed E-state index contributed by atoms with van der Waals surface area (Å²) < 4.78 is 24.5. The maximum Gasteiger partial charge on any atom is 0.180 e. The highest BCUT2D eigenvalue weighted by atomic mass is 32.2. The summed E-state index contributed by atoms with van der Waals surface area (Å²) in [6.07, 6.45) is 3.24. The molecule has 2 rings (SSSR count). The fourth-order valence-corrected chi connectivity index (χ4v) is 4.15. The van der Waals surface area contributed by atoms with E-state index in [4.69, 9.17) is 0 Å². The molecule has 0 unspecified atom stereocenters. The van der Waals surface area contributed by atoms with Crippen molar-refractivity contribution in [2.75, 3.05) is 30.7 Å². The number of para-hydroxylation sites is 1. The van der Waals surface area contributed by atoms with Gasteiger partial charge >= 0.3 is 0 Å². The van der Waals surface area contributed by atoms with Crippen molar-refractivity contribution >= 4 is 15.5 Å². The number of sulfone groups is 1. The van der Waals surface area contributed by atoms with Gasteiger partial charge in [0.15, 0.2) is 9.84 Å². The van der Waals surface area contributed by atoms with E-state index >= 15 is 0 Å². The fraction of sp³-hybridized carbons (Fsp3) is 0.625. The van der Waals surface area contributed by atoms with Gasteiger partial charge in [-0.15, -0.1) is 0 Å². The van der Waals surface area contributed by atoms with Gasteiger partial charge in [0.2, 0.25) is 0 Å². The van der Waals surface area contributed by atoms with Crippen LogP contribution >= 0.6 is 0 Å². The molecule has 0 atom stereocenters. The summed E-state index contributed by atoms with van der Waals surface area (Å²) in [6, 6.07) is 7.97. The van der Waals surface area contributed by atoms with E-state index in [0.29, 0.717) is 11.3 Å². The molecule has 0 spiro atoms. The van der Waals surface area contributed by atoms with E-state index in [2.05, 4.69) is 17.1 Å². The Labute approximate surface area is 128 Å². The van der Waals surface area contributed by atoms with E-state index in [0.717, 1.165) is 31.4 Å². The van der Waals surface area contributed by atoms with Crippen molar-refractivity contribution in [3.05, 3.63) is 24.3 Å². The highest BCUT2D eigenvalue weighted by Gasteiger charge is 2.27. The van der Waals surface area contributed by atoms with Crippen LogP contribution < -0.4 is 5.32 Å². The van der Waals surface area contributed by atoms with E-state index in [1.807, 2.05) is 19.1 Å². The van der Waals surface area contributed by atoms with Crippen LogP contribution in [0.2, 0.25) is 0 Å². The Kier molecular flexibility index (Phi) is 5.65. The minimum atomic E-state index is -3.18. The van der Waals surface area contributed by atoms with E-state index in [-0.39, 0.29) is 5.75 Å². The largest absolute Gasteiger partial charge is 0.383 e. The molecule has 0 heterocycles. The molecule has 0 radical (unpaired) electrons. The fourth-order valence-electron chi connectivity index (χ4n) is 2.64. The summed E-state index contributed by atoms with van der Waals surface area (Å²) in [5.41, 5.74) is 0.734. The Morgan fingerprint density at radius 3 is 2.57 bits per heavy atom. The second-order valence-corrected chi connectivity index (χ2v) is 7.68. The van der Waals surface area contributed by atoms with E-state index < -0.39 is 9.84 Å². The van der Waals surface area contributed by atoms with Crippen LogP contribution in [-0.2, 0) is 9.84 Å². The van der Waals surface area contributed by atoms with Gasteiger partial charge < -0.3 is 5.32 Å². The molecular weight excluding hydrogens is 284 g/mol. The molecule has 0 aromatic heterocycles. The lowest BCUT2D eigenvalue weighted by Gasteiger charge is -2.20. The number of hydrogen-bond acceptors (Lipinski definition) is 4. The van der Waals surface area contributed by atoms with Crippen molar-refractivity contribution in [3.8, 4) is 0 Å². The topological polar surface area (TPSA) is 49.4 Å². The molecule has 0 saturated heterocycles. The van der Waals surface area contributed by atoms with Gasteiger partial charge in [-0.1, -0.05) is 26.0 Å². The van der Waals surface area contributed by atoms with Crippen molar-refractivity contribution in [2.24, 2.45) is 0 Å². The molecule has 1 N–H and O–H groups in total. The average Bonchev–Trinajstić information content (AvgIpc) is 3.28. The highest BCUT2D eigenvalue weighted by molar-refractivity contribution is 7.91. The molecule has 1 saturated carbocycles. The smallest absolute Gasteiger partial charge is 0.180 e. The van der Waals surface area contributed by atoms with Gasteiger partial charge in [0.05, 0.1) is 16.3 Å². The lowest BCUT2D eigenvalue weighted by atomic mass is 10.3. The minimum absolute atomic E-state index is 0.203. The summed E-state index contributed by atoms with van der Waals surface area (Å²) in [5, 5.41) is 3.30. The molecule has 1 aromatic carbocycles. The van der Waals surface area contributed by atoms with Crippen molar-refractivity contribution < 1.29 is 8.42 Å². The maximum atomic E-state index is 12.3. The van der Waals surface area contributed by atoms with E-state index in [1.54, 1.807) is 12.1 Å². The van der Waals surface area contributed by atoms with Crippen molar-refractivity contribution in [1.82, 2.24) is 4.90 Å². The Bertz CT molecular complexity index is 553. The zero-order valence-corrected chi connectivity index (χ0v) is 13.8. The molecule has 1 aromatic rings. The third-order valence-electron chi connectivity index (χ3n) is 3.88. The number of hydrogen-bond donors (Lipinski definition) is 1. The summed E-state index contributed by atoms with van der Waals surface area (Å²) in [4.78, 5) is 2.89. The molecule has 5 heteroatoms. The summed E-state index contributed by atoms with van der Waals surface area (Å²) >= 11 is 0. The van der Waals surface area contributed by atoms with Gasteiger partial charge in [0.25, 0.3) is 0 Å². The van der Waals surface area contributed by atoms with Crippen LogP contribution in [0.15, 0.2) is 29.2 Å².